The number of hydrogen-bond acceptors (Lipinski definition) is 4. The molecule has 1 aliphatic heterocycles. The van der Waals surface area contributed by atoms with Gasteiger partial charge in [0.2, 0.25) is 0 Å². The Morgan fingerprint density at radius 1 is 1.19 bits per heavy atom. The minimum atomic E-state index is -0.00816. The maximum atomic E-state index is 12.6. The third-order valence-corrected chi connectivity index (χ3v) is 5.62. The fraction of sp³-hybridized carbons (Fsp3) is 0.500. The topological polar surface area (TPSA) is 71.0 Å². The van der Waals surface area contributed by atoms with Gasteiger partial charge in [-0.3, -0.25) is 20.3 Å². The van der Waals surface area contributed by atoms with Crippen molar-refractivity contribution in [3.8, 4) is 0 Å². The Balaban J connectivity index is 1.34. The average Bonchev–Trinajstić information content (AvgIpc) is 3.24. The van der Waals surface area contributed by atoms with E-state index in [4.69, 9.17) is 0 Å². The van der Waals surface area contributed by atoms with E-state index in [-0.39, 0.29) is 5.91 Å². The van der Waals surface area contributed by atoms with Gasteiger partial charge in [0.05, 0.1) is 6.54 Å². The third kappa shape index (κ3) is 3.97. The quantitative estimate of drug-likeness (QED) is 0.770. The zero-order chi connectivity index (χ0) is 17.8. The molecule has 4 rings (SSSR count). The van der Waals surface area contributed by atoms with Gasteiger partial charge in [-0.05, 0) is 42.5 Å². The van der Waals surface area contributed by atoms with Crippen LogP contribution in [0.4, 0.5) is 0 Å². The highest BCUT2D eigenvalue weighted by Gasteiger charge is 2.36. The molecule has 26 heavy (non-hydrogen) atoms. The monoisotopic (exact) mass is 353 g/mol. The number of fused-ring (bicyclic) bond motifs is 1. The molecule has 2 aliphatic rings. The Morgan fingerprint density at radius 2 is 2.12 bits per heavy atom. The van der Waals surface area contributed by atoms with E-state index in [0.29, 0.717) is 36.7 Å². The predicted octanol–water partition coefficient (Wildman–Crippen LogP) is 2.09. The molecular weight excluding hydrogens is 326 g/mol. The number of amides is 1. The van der Waals surface area contributed by atoms with Crippen LogP contribution < -0.4 is 16.2 Å². The highest BCUT2D eigenvalue weighted by atomic mass is 16.1. The molecule has 1 saturated heterocycles. The number of nitrogens with one attached hydrogen (secondary N) is 3. The number of hydrazine groups is 1. The summed E-state index contributed by atoms with van der Waals surface area (Å²) in [6.07, 6.45) is 10.1. The highest BCUT2D eigenvalue weighted by Crippen LogP contribution is 2.28. The van der Waals surface area contributed by atoms with Crippen LogP contribution in [0, 0.1) is 5.92 Å². The molecular formula is C20H27N5O. The van der Waals surface area contributed by atoms with Crippen molar-refractivity contribution < 1.29 is 4.79 Å². The van der Waals surface area contributed by atoms with Crippen LogP contribution in [0.5, 0.6) is 0 Å². The van der Waals surface area contributed by atoms with Gasteiger partial charge >= 0.3 is 0 Å². The minimum absolute atomic E-state index is 0.00816. The largest absolute Gasteiger partial charge is 0.350 e. The number of carbonyl (C=O) groups is 1. The first kappa shape index (κ1) is 17.2. The first-order chi connectivity index (χ1) is 12.8. The number of carbonyl (C=O) groups excluding carboxylic acids is 1. The van der Waals surface area contributed by atoms with Gasteiger partial charge in [-0.15, -0.1) is 0 Å². The van der Waals surface area contributed by atoms with Crippen LogP contribution in [0.3, 0.4) is 0 Å². The van der Waals surface area contributed by atoms with Crippen molar-refractivity contribution in [1.29, 1.82) is 0 Å². The number of benzene rings is 1. The SMILES string of the molecule is O=C(NCC1NNC2CCCCCC21)c1cccc(Cn2cccn2)c1. The van der Waals surface area contributed by atoms with Crippen LogP contribution >= 0.6 is 0 Å². The van der Waals surface area contributed by atoms with Gasteiger partial charge in [0.15, 0.2) is 0 Å². The molecule has 6 heteroatoms. The molecule has 3 atom stereocenters. The number of aromatic nitrogens is 2. The smallest absolute Gasteiger partial charge is 0.251 e. The van der Waals surface area contributed by atoms with Gasteiger partial charge in [0.1, 0.15) is 0 Å². The molecule has 3 unspecified atom stereocenters. The van der Waals surface area contributed by atoms with Crippen molar-refractivity contribution >= 4 is 5.91 Å². The van der Waals surface area contributed by atoms with Crippen molar-refractivity contribution in [1.82, 2.24) is 25.9 Å². The third-order valence-electron chi connectivity index (χ3n) is 5.62. The molecule has 2 aromatic rings. The lowest BCUT2D eigenvalue weighted by molar-refractivity contribution is 0.0947. The molecule has 0 spiro atoms. The van der Waals surface area contributed by atoms with Gasteiger partial charge in [-0.1, -0.05) is 31.4 Å². The summed E-state index contributed by atoms with van der Waals surface area (Å²) in [4.78, 5) is 12.6. The van der Waals surface area contributed by atoms with Gasteiger partial charge in [0.25, 0.3) is 5.91 Å². The molecule has 2 heterocycles. The predicted molar refractivity (Wildman–Crippen MR) is 101 cm³/mol. The molecule has 1 saturated carbocycles. The zero-order valence-electron chi connectivity index (χ0n) is 15.0. The minimum Gasteiger partial charge on any atom is -0.350 e. The standard InChI is InChI=1S/C20H27N5O/c26-20(16-7-4-6-15(12-16)14-25-11-5-10-22-25)21-13-19-17-8-2-1-3-9-18(17)23-24-19/h4-7,10-12,17-19,23-24H,1-3,8-9,13-14H2,(H,21,26). The summed E-state index contributed by atoms with van der Waals surface area (Å²) in [5, 5.41) is 7.34. The van der Waals surface area contributed by atoms with Crippen LogP contribution in [-0.2, 0) is 6.54 Å². The molecule has 0 bridgehead atoms. The molecule has 138 valence electrons. The molecule has 1 aromatic heterocycles. The van der Waals surface area contributed by atoms with E-state index in [1.807, 2.05) is 41.2 Å². The van der Waals surface area contributed by atoms with E-state index in [2.05, 4.69) is 21.3 Å². The van der Waals surface area contributed by atoms with Gasteiger partial charge in [-0.25, -0.2) is 0 Å². The summed E-state index contributed by atoms with van der Waals surface area (Å²) in [5.41, 5.74) is 8.61. The van der Waals surface area contributed by atoms with E-state index < -0.39 is 0 Å². The molecule has 1 aromatic carbocycles. The van der Waals surface area contributed by atoms with Crippen LogP contribution in [0.2, 0.25) is 0 Å². The van der Waals surface area contributed by atoms with Crippen LogP contribution in [0.25, 0.3) is 0 Å². The van der Waals surface area contributed by atoms with E-state index in [0.717, 1.165) is 5.56 Å². The summed E-state index contributed by atoms with van der Waals surface area (Å²) in [6.45, 7) is 1.34. The molecule has 1 amide bonds. The lowest BCUT2D eigenvalue weighted by Gasteiger charge is -2.21. The Kier molecular flexibility index (Phi) is 5.32. The Hall–Kier alpha value is -2.18. The summed E-state index contributed by atoms with van der Waals surface area (Å²) in [6, 6.07) is 10.6. The highest BCUT2D eigenvalue weighted by molar-refractivity contribution is 5.94. The summed E-state index contributed by atoms with van der Waals surface area (Å²) < 4.78 is 1.86. The van der Waals surface area contributed by atoms with E-state index in [1.165, 1.54) is 32.1 Å². The Labute approximate surface area is 154 Å². The summed E-state index contributed by atoms with van der Waals surface area (Å²) >= 11 is 0. The second kappa shape index (κ2) is 8.01. The molecule has 3 N–H and O–H groups in total. The van der Waals surface area contributed by atoms with Crippen LogP contribution in [0.1, 0.15) is 48.0 Å². The maximum Gasteiger partial charge on any atom is 0.251 e. The van der Waals surface area contributed by atoms with E-state index in [1.54, 1.807) is 6.20 Å². The van der Waals surface area contributed by atoms with Gasteiger partial charge in [0, 0.05) is 36.6 Å². The first-order valence-corrected chi connectivity index (χ1v) is 9.65. The maximum absolute atomic E-state index is 12.6. The number of nitrogens with zero attached hydrogens (tertiary/aromatic N) is 2. The summed E-state index contributed by atoms with van der Waals surface area (Å²) in [7, 11) is 0. The number of hydrogen-bond donors (Lipinski definition) is 3. The lowest BCUT2D eigenvalue weighted by Crippen LogP contribution is -2.42. The molecule has 0 radical (unpaired) electrons. The molecule has 2 fully saturated rings. The van der Waals surface area contributed by atoms with Gasteiger partial charge in [-0.2, -0.15) is 5.10 Å². The Morgan fingerprint density at radius 3 is 3.00 bits per heavy atom. The lowest BCUT2D eigenvalue weighted by atomic mass is 9.90. The average molecular weight is 353 g/mol. The van der Waals surface area contributed by atoms with Crippen LogP contribution in [0.15, 0.2) is 42.7 Å². The van der Waals surface area contributed by atoms with Crippen molar-refractivity contribution in [2.24, 2.45) is 5.92 Å². The zero-order valence-corrected chi connectivity index (χ0v) is 15.0. The fourth-order valence-corrected chi connectivity index (χ4v) is 4.22. The van der Waals surface area contributed by atoms with Crippen molar-refractivity contribution in [2.45, 2.75) is 50.7 Å². The fourth-order valence-electron chi connectivity index (χ4n) is 4.22. The van der Waals surface area contributed by atoms with Crippen LogP contribution in [-0.4, -0.2) is 34.3 Å². The summed E-state index contributed by atoms with van der Waals surface area (Å²) in [5.74, 6) is 0.607. The van der Waals surface area contributed by atoms with Crippen molar-refractivity contribution in [3.05, 3.63) is 53.9 Å². The van der Waals surface area contributed by atoms with Gasteiger partial charge < -0.3 is 5.32 Å². The second-order valence-corrected chi connectivity index (χ2v) is 7.42. The normalized spacial score (nSPS) is 25.5. The first-order valence-electron chi connectivity index (χ1n) is 9.65. The van der Waals surface area contributed by atoms with Crippen molar-refractivity contribution in [2.75, 3.05) is 6.54 Å². The van der Waals surface area contributed by atoms with Crippen molar-refractivity contribution in [3.63, 3.8) is 0 Å². The Bertz CT molecular complexity index is 730. The van der Waals surface area contributed by atoms with E-state index >= 15 is 0 Å². The van der Waals surface area contributed by atoms with E-state index in [9.17, 15) is 4.79 Å². The second-order valence-electron chi connectivity index (χ2n) is 7.42. The molecule has 6 nitrogen and oxygen atoms in total. The number of rotatable bonds is 5. The molecule has 1 aliphatic carbocycles.